The van der Waals surface area contributed by atoms with E-state index >= 15 is 0 Å². The molecule has 0 unspecified atom stereocenters. The van der Waals surface area contributed by atoms with E-state index in [1.807, 2.05) is 49.4 Å². The van der Waals surface area contributed by atoms with Crippen LogP contribution in [0.4, 0.5) is 5.69 Å². The number of nitrogens with zero attached hydrogens (tertiary/aromatic N) is 5. The van der Waals surface area contributed by atoms with E-state index in [4.69, 9.17) is 0 Å². The zero-order chi connectivity index (χ0) is 24.6. The molecule has 0 atom stereocenters. The molecular formula is C24H20N6O3S2. The van der Waals surface area contributed by atoms with Crippen molar-refractivity contribution in [1.29, 1.82) is 0 Å². The summed E-state index contributed by atoms with van der Waals surface area (Å²) in [5.74, 6) is 0.310. The van der Waals surface area contributed by atoms with E-state index in [1.54, 1.807) is 21.5 Å². The third-order valence-corrected chi connectivity index (χ3v) is 6.99. The summed E-state index contributed by atoms with van der Waals surface area (Å²) in [6, 6.07) is 16.4. The molecule has 11 heteroatoms. The van der Waals surface area contributed by atoms with E-state index in [9.17, 15) is 13.2 Å². The molecule has 1 amide bonds. The fourth-order valence-corrected chi connectivity index (χ4v) is 4.93. The third kappa shape index (κ3) is 4.96. The summed E-state index contributed by atoms with van der Waals surface area (Å²) >= 11 is 1.55. The lowest BCUT2D eigenvalue weighted by Gasteiger charge is -2.07. The van der Waals surface area contributed by atoms with Gasteiger partial charge in [-0.15, -0.1) is 11.3 Å². The van der Waals surface area contributed by atoms with Gasteiger partial charge in [-0.25, -0.2) is 28.1 Å². The van der Waals surface area contributed by atoms with Crippen LogP contribution in [0.1, 0.15) is 11.4 Å². The van der Waals surface area contributed by atoms with Gasteiger partial charge in [0.05, 0.1) is 33.5 Å². The molecule has 5 rings (SSSR count). The van der Waals surface area contributed by atoms with Crippen LogP contribution in [0, 0.1) is 6.92 Å². The van der Waals surface area contributed by atoms with Crippen molar-refractivity contribution in [2.45, 2.75) is 18.4 Å². The average Bonchev–Trinajstić information content (AvgIpc) is 3.45. The molecule has 0 fully saturated rings. The summed E-state index contributed by atoms with van der Waals surface area (Å²) in [6.45, 7) is 1.91. The Bertz CT molecular complexity index is 1670. The molecule has 1 aromatic carbocycles. The molecule has 9 nitrogen and oxygen atoms in total. The maximum Gasteiger partial charge on any atom is 0.230 e. The number of hydrogen-bond donors (Lipinski definition) is 1. The number of hydrogen-bond acceptors (Lipinski definition) is 8. The van der Waals surface area contributed by atoms with Crippen LogP contribution >= 0.6 is 11.3 Å². The molecule has 0 aliphatic heterocycles. The molecule has 5 aromatic rings. The number of fused-ring (bicyclic) bond motifs is 1. The summed E-state index contributed by atoms with van der Waals surface area (Å²) in [7, 11) is -3.49. The molecule has 4 heterocycles. The first-order chi connectivity index (χ1) is 16.8. The quantitative estimate of drug-likeness (QED) is 0.373. The van der Waals surface area contributed by atoms with Crippen molar-refractivity contribution in [3.63, 3.8) is 0 Å². The van der Waals surface area contributed by atoms with Gasteiger partial charge in [0.15, 0.2) is 20.7 Å². The maximum atomic E-state index is 12.8. The molecule has 1 N–H and O–H groups in total. The Morgan fingerprint density at radius 2 is 1.94 bits per heavy atom. The first-order valence-electron chi connectivity index (χ1n) is 10.6. The second-order valence-corrected chi connectivity index (χ2v) is 10.8. The highest BCUT2D eigenvalue weighted by Gasteiger charge is 2.17. The van der Waals surface area contributed by atoms with Gasteiger partial charge in [-0.2, -0.15) is 5.10 Å². The lowest BCUT2D eigenvalue weighted by atomic mass is 10.1. The Hall–Kier alpha value is -3.96. The zero-order valence-electron chi connectivity index (χ0n) is 18.8. The number of aryl methyl sites for hydroxylation is 1. The van der Waals surface area contributed by atoms with Crippen LogP contribution in [0.2, 0.25) is 0 Å². The van der Waals surface area contributed by atoms with Gasteiger partial charge in [-0.1, -0.05) is 12.1 Å². The van der Waals surface area contributed by atoms with Crippen LogP contribution < -0.4 is 5.32 Å². The van der Waals surface area contributed by atoms with Crippen LogP contribution in [0.25, 0.3) is 27.3 Å². The number of carbonyl (C=O) groups excluding carboxylic acids is 1. The Balaban J connectivity index is 1.48. The largest absolute Gasteiger partial charge is 0.326 e. The second-order valence-electron chi connectivity index (χ2n) is 7.98. The standard InChI is InChI=1S/C24H20N6O3S2/c1-15-4-3-5-22(27-15)30-20(16-6-7-19-21(10-16)34-14-26-19)11-18(29-30)12-23(31)28-17-8-9-25-24(13-17)35(2,32)33/h3-11,13-14H,12H2,1-2H3,(H,25,28,31). The van der Waals surface area contributed by atoms with E-state index in [-0.39, 0.29) is 17.4 Å². The van der Waals surface area contributed by atoms with Gasteiger partial charge in [0.1, 0.15) is 0 Å². The van der Waals surface area contributed by atoms with Crippen LogP contribution in [0.3, 0.4) is 0 Å². The van der Waals surface area contributed by atoms with E-state index in [2.05, 4.69) is 25.4 Å². The van der Waals surface area contributed by atoms with Gasteiger partial charge in [-0.05, 0) is 49.4 Å². The lowest BCUT2D eigenvalue weighted by molar-refractivity contribution is -0.115. The highest BCUT2D eigenvalue weighted by molar-refractivity contribution is 7.90. The second kappa shape index (κ2) is 9.01. The molecular weight excluding hydrogens is 484 g/mol. The lowest BCUT2D eigenvalue weighted by Crippen LogP contribution is -2.15. The highest BCUT2D eigenvalue weighted by Crippen LogP contribution is 2.28. The minimum absolute atomic E-state index is 0.00878. The Kier molecular flexibility index (Phi) is 5.87. The summed E-state index contributed by atoms with van der Waals surface area (Å²) < 4.78 is 26.3. The number of benzene rings is 1. The van der Waals surface area contributed by atoms with Crippen LogP contribution in [0.15, 0.2) is 71.3 Å². The molecule has 0 saturated carbocycles. The van der Waals surface area contributed by atoms with Crippen molar-refractivity contribution in [2.75, 3.05) is 11.6 Å². The molecule has 0 aliphatic carbocycles. The van der Waals surface area contributed by atoms with Gasteiger partial charge in [0.25, 0.3) is 0 Å². The number of thiazole rings is 1. The van der Waals surface area contributed by atoms with Crippen molar-refractivity contribution < 1.29 is 13.2 Å². The SMILES string of the molecule is Cc1cccc(-n2nc(CC(=O)Nc3ccnc(S(C)(=O)=O)c3)cc2-c2ccc3ncsc3c2)n1. The van der Waals surface area contributed by atoms with E-state index in [1.165, 1.54) is 18.3 Å². The molecule has 4 aromatic heterocycles. The number of pyridine rings is 2. The number of sulfone groups is 1. The topological polar surface area (TPSA) is 120 Å². The van der Waals surface area contributed by atoms with Gasteiger partial charge < -0.3 is 5.32 Å². The summed E-state index contributed by atoms with van der Waals surface area (Å²) in [5.41, 5.74) is 6.19. The molecule has 0 bridgehead atoms. The fourth-order valence-electron chi connectivity index (χ4n) is 3.62. The van der Waals surface area contributed by atoms with Crippen molar-refractivity contribution in [3.8, 4) is 17.1 Å². The van der Waals surface area contributed by atoms with Crippen LogP contribution in [-0.4, -0.2) is 45.3 Å². The van der Waals surface area contributed by atoms with Crippen molar-refractivity contribution in [2.24, 2.45) is 0 Å². The monoisotopic (exact) mass is 504 g/mol. The Morgan fingerprint density at radius 1 is 1.09 bits per heavy atom. The maximum absolute atomic E-state index is 12.8. The molecule has 0 spiro atoms. The normalized spacial score (nSPS) is 11.6. The van der Waals surface area contributed by atoms with E-state index in [0.29, 0.717) is 17.2 Å². The van der Waals surface area contributed by atoms with E-state index in [0.717, 1.165) is 33.4 Å². The number of rotatable bonds is 6. The van der Waals surface area contributed by atoms with Crippen LogP contribution in [-0.2, 0) is 21.1 Å². The predicted octanol–water partition coefficient (Wildman–Crippen LogP) is 3.83. The molecule has 0 radical (unpaired) electrons. The molecule has 35 heavy (non-hydrogen) atoms. The van der Waals surface area contributed by atoms with Crippen molar-refractivity contribution in [1.82, 2.24) is 24.7 Å². The van der Waals surface area contributed by atoms with Crippen LogP contribution in [0.5, 0.6) is 0 Å². The zero-order valence-corrected chi connectivity index (χ0v) is 20.5. The third-order valence-electron chi connectivity index (χ3n) is 5.22. The van der Waals surface area contributed by atoms with Gasteiger partial charge >= 0.3 is 0 Å². The van der Waals surface area contributed by atoms with Gasteiger partial charge in [-0.3, -0.25) is 4.79 Å². The first-order valence-corrected chi connectivity index (χ1v) is 13.4. The molecule has 0 aliphatic rings. The predicted molar refractivity (Wildman–Crippen MR) is 134 cm³/mol. The van der Waals surface area contributed by atoms with E-state index < -0.39 is 9.84 Å². The summed E-state index contributed by atoms with van der Waals surface area (Å²) in [4.78, 5) is 25.6. The average molecular weight is 505 g/mol. The number of aromatic nitrogens is 5. The summed E-state index contributed by atoms with van der Waals surface area (Å²) in [6.07, 6.45) is 2.40. The number of anilines is 1. The Labute approximate surface area is 205 Å². The van der Waals surface area contributed by atoms with Gasteiger partial charge in [0, 0.05) is 29.4 Å². The van der Waals surface area contributed by atoms with Crippen molar-refractivity contribution >= 4 is 43.0 Å². The fraction of sp³-hybridized carbons (Fsp3) is 0.125. The van der Waals surface area contributed by atoms with Gasteiger partial charge in [0.2, 0.25) is 5.91 Å². The molecule has 0 saturated heterocycles. The summed E-state index contributed by atoms with van der Waals surface area (Å²) in [5, 5.41) is 7.30. The smallest absolute Gasteiger partial charge is 0.230 e. The minimum atomic E-state index is -3.49. The Morgan fingerprint density at radius 3 is 2.74 bits per heavy atom. The highest BCUT2D eigenvalue weighted by atomic mass is 32.2. The molecule has 176 valence electrons. The number of amides is 1. The van der Waals surface area contributed by atoms with Crippen molar-refractivity contribution in [3.05, 3.63) is 77.7 Å². The number of nitrogens with one attached hydrogen (secondary N) is 1. The minimum Gasteiger partial charge on any atom is -0.326 e. The number of carbonyl (C=O) groups is 1. The first kappa shape index (κ1) is 22.8.